The Labute approximate surface area is 153 Å². The number of anilines is 1. The predicted octanol–water partition coefficient (Wildman–Crippen LogP) is 3.72. The number of benzene rings is 2. The van der Waals surface area contributed by atoms with E-state index in [0.29, 0.717) is 10.8 Å². The van der Waals surface area contributed by atoms with Crippen LogP contribution in [-0.2, 0) is 4.79 Å². The van der Waals surface area contributed by atoms with E-state index in [2.05, 4.69) is 29.3 Å². The van der Waals surface area contributed by atoms with E-state index in [4.69, 9.17) is 16.3 Å². The number of hydrazone groups is 1. The average Bonchev–Trinajstić information content (AvgIpc) is 2.63. The Hall–Kier alpha value is -2.53. The molecule has 1 amide bonds. The fraction of sp³-hybridized carbons (Fsp3) is 0.263. The molecule has 0 saturated heterocycles. The van der Waals surface area contributed by atoms with Crippen molar-refractivity contribution < 1.29 is 9.53 Å². The fourth-order valence-electron chi connectivity index (χ4n) is 2.28. The molecule has 0 unspecified atom stereocenters. The molecule has 0 saturated carbocycles. The van der Waals surface area contributed by atoms with Crippen molar-refractivity contribution in [3.8, 4) is 5.75 Å². The summed E-state index contributed by atoms with van der Waals surface area (Å²) in [5.74, 6) is 0.117. The van der Waals surface area contributed by atoms with Gasteiger partial charge in [0.15, 0.2) is 6.61 Å². The van der Waals surface area contributed by atoms with Crippen LogP contribution < -0.4 is 15.1 Å². The molecule has 0 heterocycles. The van der Waals surface area contributed by atoms with Crippen LogP contribution in [0.3, 0.4) is 0 Å². The average molecular weight is 360 g/mol. The van der Waals surface area contributed by atoms with Crippen molar-refractivity contribution in [3.05, 3.63) is 59.1 Å². The van der Waals surface area contributed by atoms with Gasteiger partial charge >= 0.3 is 0 Å². The summed E-state index contributed by atoms with van der Waals surface area (Å²) < 4.78 is 5.34. The number of carbonyl (C=O) groups excluding carboxylic acids is 1. The highest BCUT2D eigenvalue weighted by Gasteiger charge is 2.04. The largest absolute Gasteiger partial charge is 0.482 e. The second kappa shape index (κ2) is 9.69. The van der Waals surface area contributed by atoms with Crippen LogP contribution in [0, 0.1) is 0 Å². The molecule has 0 aromatic heterocycles. The molecule has 0 bridgehead atoms. The number of rotatable bonds is 8. The van der Waals surface area contributed by atoms with E-state index >= 15 is 0 Å². The normalized spacial score (nSPS) is 10.7. The molecule has 25 heavy (non-hydrogen) atoms. The van der Waals surface area contributed by atoms with Crippen molar-refractivity contribution in [2.75, 3.05) is 24.6 Å². The first-order valence-electron chi connectivity index (χ1n) is 8.18. The van der Waals surface area contributed by atoms with Crippen LogP contribution in [0.4, 0.5) is 5.69 Å². The van der Waals surface area contributed by atoms with Crippen LogP contribution in [0.25, 0.3) is 0 Å². The summed E-state index contributed by atoms with van der Waals surface area (Å²) in [6.45, 7) is 6.02. The van der Waals surface area contributed by atoms with Crippen molar-refractivity contribution in [1.29, 1.82) is 0 Å². The topological polar surface area (TPSA) is 53.9 Å². The van der Waals surface area contributed by atoms with Crippen molar-refractivity contribution in [3.63, 3.8) is 0 Å². The summed E-state index contributed by atoms with van der Waals surface area (Å²) in [6.07, 6.45) is 1.60. The van der Waals surface area contributed by atoms with Gasteiger partial charge in [-0.25, -0.2) is 5.43 Å². The molecule has 132 valence electrons. The minimum Gasteiger partial charge on any atom is -0.482 e. The second-order valence-corrected chi connectivity index (χ2v) is 5.68. The highest BCUT2D eigenvalue weighted by molar-refractivity contribution is 6.32. The third-order valence-electron chi connectivity index (χ3n) is 3.62. The zero-order valence-electron chi connectivity index (χ0n) is 14.4. The minimum atomic E-state index is -0.351. The van der Waals surface area contributed by atoms with E-state index in [-0.39, 0.29) is 12.5 Å². The first kappa shape index (κ1) is 18.8. The molecule has 0 aliphatic carbocycles. The minimum absolute atomic E-state index is 0.151. The van der Waals surface area contributed by atoms with Crippen LogP contribution >= 0.6 is 11.6 Å². The SMILES string of the molecule is CCN(CC)c1ccc(C=NNC(=O)COc2ccccc2Cl)cc1. The summed E-state index contributed by atoms with van der Waals surface area (Å²) in [4.78, 5) is 14.0. The lowest BCUT2D eigenvalue weighted by Crippen LogP contribution is -2.24. The molecule has 5 nitrogen and oxygen atoms in total. The maximum atomic E-state index is 11.7. The molecule has 6 heteroatoms. The van der Waals surface area contributed by atoms with E-state index in [1.165, 1.54) is 5.69 Å². The summed E-state index contributed by atoms with van der Waals surface area (Å²) in [5, 5.41) is 4.40. The maximum Gasteiger partial charge on any atom is 0.277 e. The highest BCUT2D eigenvalue weighted by atomic mass is 35.5. The quantitative estimate of drug-likeness (QED) is 0.577. The number of carbonyl (C=O) groups is 1. The van der Waals surface area contributed by atoms with E-state index in [0.717, 1.165) is 18.7 Å². The summed E-state index contributed by atoms with van der Waals surface area (Å²) in [6, 6.07) is 15.0. The number of para-hydroxylation sites is 1. The summed E-state index contributed by atoms with van der Waals surface area (Å²) in [7, 11) is 0. The van der Waals surface area contributed by atoms with E-state index in [9.17, 15) is 4.79 Å². The van der Waals surface area contributed by atoms with Crippen LogP contribution in [0.1, 0.15) is 19.4 Å². The van der Waals surface area contributed by atoms with E-state index in [1.54, 1.807) is 30.5 Å². The highest BCUT2D eigenvalue weighted by Crippen LogP contribution is 2.22. The third-order valence-corrected chi connectivity index (χ3v) is 3.93. The van der Waals surface area contributed by atoms with Gasteiger partial charge < -0.3 is 9.64 Å². The number of halogens is 1. The van der Waals surface area contributed by atoms with Crippen LogP contribution in [0.2, 0.25) is 5.02 Å². The second-order valence-electron chi connectivity index (χ2n) is 5.28. The van der Waals surface area contributed by atoms with Crippen molar-refractivity contribution in [1.82, 2.24) is 5.43 Å². The van der Waals surface area contributed by atoms with Crippen LogP contribution in [0.15, 0.2) is 53.6 Å². The Balaban J connectivity index is 1.82. The van der Waals surface area contributed by atoms with Gasteiger partial charge in [0.05, 0.1) is 11.2 Å². The van der Waals surface area contributed by atoms with Gasteiger partial charge in [-0.3, -0.25) is 4.79 Å². The zero-order valence-corrected chi connectivity index (χ0v) is 15.2. The van der Waals surface area contributed by atoms with E-state index < -0.39 is 0 Å². The van der Waals surface area contributed by atoms with Gasteiger partial charge in [-0.15, -0.1) is 0 Å². The molecule has 0 atom stereocenters. The standard InChI is InChI=1S/C19H22ClN3O2/c1-3-23(4-2)16-11-9-15(10-12-16)13-21-22-19(24)14-25-18-8-6-5-7-17(18)20/h5-13H,3-4,14H2,1-2H3,(H,22,24). The van der Waals surface area contributed by atoms with Crippen LogP contribution in [-0.4, -0.2) is 31.8 Å². The molecule has 0 fully saturated rings. The summed E-state index contributed by atoms with van der Waals surface area (Å²) in [5.41, 5.74) is 4.50. The third kappa shape index (κ3) is 5.80. The van der Waals surface area contributed by atoms with Gasteiger partial charge in [0.1, 0.15) is 5.75 Å². The number of nitrogens with zero attached hydrogens (tertiary/aromatic N) is 2. The zero-order chi connectivity index (χ0) is 18.1. The Morgan fingerprint density at radius 2 is 1.84 bits per heavy atom. The predicted molar refractivity (Wildman–Crippen MR) is 103 cm³/mol. The molecule has 1 N–H and O–H groups in total. The van der Waals surface area contributed by atoms with Gasteiger partial charge in [0, 0.05) is 18.8 Å². The number of ether oxygens (including phenoxy) is 1. The van der Waals surface area contributed by atoms with Gasteiger partial charge in [-0.2, -0.15) is 5.10 Å². The lowest BCUT2D eigenvalue weighted by Gasteiger charge is -2.20. The smallest absolute Gasteiger partial charge is 0.277 e. The molecule has 0 aliphatic heterocycles. The molecular weight excluding hydrogens is 338 g/mol. The van der Waals surface area contributed by atoms with Crippen molar-refractivity contribution >= 4 is 29.4 Å². The Bertz CT molecular complexity index is 713. The van der Waals surface area contributed by atoms with Gasteiger partial charge in [0.2, 0.25) is 0 Å². The molecule has 0 aliphatic rings. The molecule has 2 aromatic rings. The molecule has 0 radical (unpaired) electrons. The van der Waals surface area contributed by atoms with Gasteiger partial charge in [-0.1, -0.05) is 35.9 Å². The molecule has 2 aromatic carbocycles. The monoisotopic (exact) mass is 359 g/mol. The number of nitrogens with one attached hydrogen (secondary N) is 1. The number of amides is 1. The van der Waals surface area contributed by atoms with E-state index in [1.807, 2.05) is 24.3 Å². The lowest BCUT2D eigenvalue weighted by molar-refractivity contribution is -0.123. The Morgan fingerprint density at radius 1 is 1.16 bits per heavy atom. The lowest BCUT2D eigenvalue weighted by atomic mass is 10.2. The Kier molecular flexibility index (Phi) is 7.29. The fourth-order valence-corrected chi connectivity index (χ4v) is 2.47. The van der Waals surface area contributed by atoms with Crippen molar-refractivity contribution in [2.45, 2.75) is 13.8 Å². The van der Waals surface area contributed by atoms with Gasteiger partial charge in [0.25, 0.3) is 5.91 Å². The maximum absolute atomic E-state index is 11.7. The van der Waals surface area contributed by atoms with Gasteiger partial charge in [-0.05, 0) is 43.7 Å². The first-order valence-corrected chi connectivity index (χ1v) is 8.56. The number of hydrogen-bond acceptors (Lipinski definition) is 4. The molecule has 2 rings (SSSR count). The number of hydrogen-bond donors (Lipinski definition) is 1. The summed E-state index contributed by atoms with van der Waals surface area (Å²) >= 11 is 5.96. The van der Waals surface area contributed by atoms with Crippen LogP contribution in [0.5, 0.6) is 5.75 Å². The van der Waals surface area contributed by atoms with Crippen molar-refractivity contribution in [2.24, 2.45) is 5.10 Å². The molecular formula is C19H22ClN3O2. The first-order chi connectivity index (χ1) is 12.1. The Morgan fingerprint density at radius 3 is 2.48 bits per heavy atom. The molecule has 0 spiro atoms.